The quantitative estimate of drug-likeness (QED) is 0.777. The summed E-state index contributed by atoms with van der Waals surface area (Å²) in [7, 11) is 0. The Kier molecular flexibility index (Phi) is 4.46. The van der Waals surface area contributed by atoms with Gasteiger partial charge in [0, 0.05) is 37.7 Å². The number of aromatic nitrogens is 3. The maximum atomic E-state index is 12.9. The number of amides is 1. The summed E-state index contributed by atoms with van der Waals surface area (Å²) in [5, 5.41) is 13.6. The second-order valence-electron chi connectivity index (χ2n) is 6.73. The lowest BCUT2D eigenvalue weighted by Crippen LogP contribution is -2.39. The van der Waals surface area contributed by atoms with Crippen molar-refractivity contribution in [3.8, 4) is 0 Å². The van der Waals surface area contributed by atoms with Crippen LogP contribution in [0.1, 0.15) is 40.7 Å². The van der Waals surface area contributed by atoms with E-state index in [2.05, 4.69) is 10.1 Å². The predicted molar refractivity (Wildman–Crippen MR) is 95.9 cm³/mol. The average molecular weight is 354 g/mol. The zero-order valence-corrected chi connectivity index (χ0v) is 14.8. The minimum atomic E-state index is 0.0143. The third-order valence-electron chi connectivity index (χ3n) is 4.86. The van der Waals surface area contributed by atoms with Crippen LogP contribution in [0.5, 0.6) is 0 Å². The van der Waals surface area contributed by atoms with Crippen molar-refractivity contribution in [3.05, 3.63) is 47.6 Å². The number of aryl methyl sites for hydroxylation is 1. The van der Waals surface area contributed by atoms with E-state index >= 15 is 0 Å². The zero-order valence-electron chi connectivity index (χ0n) is 14.8. The van der Waals surface area contributed by atoms with Crippen LogP contribution in [0, 0.1) is 6.92 Å². The van der Waals surface area contributed by atoms with E-state index in [9.17, 15) is 4.79 Å². The van der Waals surface area contributed by atoms with E-state index in [1.165, 1.54) is 0 Å². The molecule has 4 rings (SSSR count). The molecule has 0 unspecified atom stereocenters. The maximum absolute atomic E-state index is 12.9. The van der Waals surface area contributed by atoms with Gasteiger partial charge in [-0.15, -0.1) is 0 Å². The molecule has 1 aliphatic heterocycles. The van der Waals surface area contributed by atoms with E-state index in [1.54, 1.807) is 17.7 Å². The first-order valence-electron chi connectivity index (χ1n) is 8.95. The van der Waals surface area contributed by atoms with Crippen molar-refractivity contribution in [1.82, 2.24) is 19.7 Å². The number of nitrogens with zero attached hydrogens (tertiary/aromatic N) is 4. The number of likely N-dealkylation sites (tertiary alicyclic amines) is 1. The molecule has 3 aromatic rings. The van der Waals surface area contributed by atoms with Gasteiger partial charge < -0.3 is 14.4 Å². The number of carbonyl (C=O) groups is 1. The van der Waals surface area contributed by atoms with Crippen molar-refractivity contribution in [1.29, 1.82) is 0 Å². The molecule has 1 atom stereocenters. The van der Waals surface area contributed by atoms with Crippen LogP contribution in [0.4, 0.5) is 0 Å². The Morgan fingerprint density at radius 3 is 3.12 bits per heavy atom. The standard InChI is InChI=1S/C19H22N4O3/c1-13-20-17-5-4-14(11-18(17)26-13)19(25)22-7-2-3-15(12-22)16-6-8-23(21-16)9-10-24/h4-6,8,11,15,24H,2-3,7,9-10,12H2,1H3/t15-/m1/s1. The molecule has 0 bridgehead atoms. The Bertz CT molecular complexity index is 930. The van der Waals surface area contributed by atoms with E-state index in [-0.39, 0.29) is 18.4 Å². The second kappa shape index (κ2) is 6.92. The van der Waals surface area contributed by atoms with Gasteiger partial charge in [-0.3, -0.25) is 9.48 Å². The number of fused-ring (bicyclic) bond motifs is 1. The van der Waals surface area contributed by atoms with E-state index in [0.29, 0.717) is 30.1 Å². The van der Waals surface area contributed by atoms with Gasteiger partial charge in [-0.05, 0) is 37.1 Å². The lowest BCUT2D eigenvalue weighted by molar-refractivity contribution is 0.0705. The lowest BCUT2D eigenvalue weighted by atomic mass is 9.94. The molecule has 7 heteroatoms. The molecule has 1 aliphatic rings. The van der Waals surface area contributed by atoms with Gasteiger partial charge in [0.15, 0.2) is 11.5 Å². The molecule has 1 amide bonds. The number of hydrogen-bond donors (Lipinski definition) is 1. The summed E-state index contributed by atoms with van der Waals surface area (Å²) in [5.41, 5.74) is 3.02. The van der Waals surface area contributed by atoms with Crippen molar-refractivity contribution in [2.75, 3.05) is 19.7 Å². The highest BCUT2D eigenvalue weighted by molar-refractivity contribution is 5.97. The van der Waals surface area contributed by atoms with Gasteiger partial charge in [0.2, 0.25) is 0 Å². The Morgan fingerprint density at radius 1 is 1.38 bits per heavy atom. The number of aliphatic hydroxyl groups excluding tert-OH is 1. The number of hydrogen-bond acceptors (Lipinski definition) is 5. The largest absolute Gasteiger partial charge is 0.441 e. The average Bonchev–Trinajstić information content (AvgIpc) is 3.26. The van der Waals surface area contributed by atoms with Gasteiger partial charge in [-0.2, -0.15) is 5.10 Å². The minimum absolute atomic E-state index is 0.0143. The molecule has 1 N–H and O–H groups in total. The van der Waals surface area contributed by atoms with Crippen LogP contribution in [-0.2, 0) is 6.54 Å². The molecule has 136 valence electrons. The maximum Gasteiger partial charge on any atom is 0.254 e. The number of piperidine rings is 1. The summed E-state index contributed by atoms with van der Waals surface area (Å²) in [6.45, 7) is 3.77. The SMILES string of the molecule is Cc1nc2ccc(C(=O)N3CCC[C@@H](c4ccn(CCO)n4)C3)cc2o1. The number of oxazole rings is 1. The van der Waals surface area contributed by atoms with Crippen LogP contribution < -0.4 is 0 Å². The third kappa shape index (κ3) is 3.22. The minimum Gasteiger partial charge on any atom is -0.441 e. The van der Waals surface area contributed by atoms with Crippen LogP contribution in [0.2, 0.25) is 0 Å². The fourth-order valence-corrected chi connectivity index (χ4v) is 3.58. The van der Waals surface area contributed by atoms with Crippen LogP contribution >= 0.6 is 0 Å². The first-order valence-corrected chi connectivity index (χ1v) is 8.95. The molecule has 7 nitrogen and oxygen atoms in total. The van der Waals surface area contributed by atoms with Gasteiger partial charge in [0.25, 0.3) is 5.91 Å². The summed E-state index contributed by atoms with van der Waals surface area (Å²) in [6.07, 6.45) is 3.85. The fraction of sp³-hybridized carbons (Fsp3) is 0.421. The van der Waals surface area contributed by atoms with Crippen molar-refractivity contribution in [3.63, 3.8) is 0 Å². The summed E-state index contributed by atoms with van der Waals surface area (Å²) in [6, 6.07) is 7.40. The van der Waals surface area contributed by atoms with Crippen LogP contribution in [-0.4, -0.2) is 50.4 Å². The molecule has 26 heavy (non-hydrogen) atoms. The summed E-state index contributed by atoms with van der Waals surface area (Å²) < 4.78 is 7.29. The van der Waals surface area contributed by atoms with Gasteiger partial charge in [-0.25, -0.2) is 4.98 Å². The predicted octanol–water partition coefficient (Wildman–Crippen LogP) is 2.34. The molecule has 0 radical (unpaired) electrons. The lowest BCUT2D eigenvalue weighted by Gasteiger charge is -2.32. The van der Waals surface area contributed by atoms with E-state index in [0.717, 1.165) is 30.6 Å². The zero-order chi connectivity index (χ0) is 18.1. The monoisotopic (exact) mass is 354 g/mol. The molecule has 0 saturated carbocycles. The van der Waals surface area contributed by atoms with Crippen LogP contribution in [0.25, 0.3) is 11.1 Å². The fourth-order valence-electron chi connectivity index (χ4n) is 3.58. The third-order valence-corrected chi connectivity index (χ3v) is 4.86. The Hall–Kier alpha value is -2.67. The van der Waals surface area contributed by atoms with Crippen molar-refractivity contribution in [2.24, 2.45) is 0 Å². The van der Waals surface area contributed by atoms with Crippen molar-refractivity contribution in [2.45, 2.75) is 32.2 Å². The first-order chi connectivity index (χ1) is 12.6. The first kappa shape index (κ1) is 16.8. The molecule has 0 spiro atoms. The second-order valence-corrected chi connectivity index (χ2v) is 6.73. The molecule has 1 fully saturated rings. The number of rotatable bonds is 4. The number of benzene rings is 1. The molecule has 0 aliphatic carbocycles. The van der Waals surface area contributed by atoms with Crippen LogP contribution in [0.3, 0.4) is 0 Å². The topological polar surface area (TPSA) is 84.4 Å². The highest BCUT2D eigenvalue weighted by Crippen LogP contribution is 2.27. The van der Waals surface area contributed by atoms with E-state index in [1.807, 2.05) is 29.3 Å². The highest BCUT2D eigenvalue weighted by atomic mass is 16.3. The van der Waals surface area contributed by atoms with E-state index < -0.39 is 0 Å². The van der Waals surface area contributed by atoms with Gasteiger partial charge in [-0.1, -0.05) is 0 Å². The Labute approximate surface area is 151 Å². The Balaban J connectivity index is 1.51. The smallest absolute Gasteiger partial charge is 0.254 e. The molecule has 1 aromatic carbocycles. The summed E-state index contributed by atoms with van der Waals surface area (Å²) in [5.74, 6) is 0.838. The highest BCUT2D eigenvalue weighted by Gasteiger charge is 2.27. The number of carbonyl (C=O) groups excluding carboxylic acids is 1. The molecule has 1 saturated heterocycles. The Morgan fingerprint density at radius 2 is 2.27 bits per heavy atom. The van der Waals surface area contributed by atoms with Gasteiger partial charge in [0.05, 0.1) is 18.8 Å². The summed E-state index contributed by atoms with van der Waals surface area (Å²) in [4.78, 5) is 19.1. The van der Waals surface area contributed by atoms with Gasteiger partial charge in [0.1, 0.15) is 5.52 Å². The van der Waals surface area contributed by atoms with Crippen molar-refractivity contribution < 1.29 is 14.3 Å². The molecular weight excluding hydrogens is 332 g/mol. The van der Waals surface area contributed by atoms with Crippen LogP contribution in [0.15, 0.2) is 34.9 Å². The molecular formula is C19H22N4O3. The van der Waals surface area contributed by atoms with E-state index in [4.69, 9.17) is 9.52 Å². The molecule has 2 aromatic heterocycles. The molecule has 3 heterocycles. The van der Waals surface area contributed by atoms with Crippen molar-refractivity contribution >= 4 is 17.0 Å². The summed E-state index contributed by atoms with van der Waals surface area (Å²) >= 11 is 0. The number of aliphatic hydroxyl groups is 1. The normalized spacial score (nSPS) is 17.8. The van der Waals surface area contributed by atoms with Gasteiger partial charge >= 0.3 is 0 Å².